The summed E-state index contributed by atoms with van der Waals surface area (Å²) in [5, 5.41) is 52.8. The minimum atomic E-state index is -1.85. The summed E-state index contributed by atoms with van der Waals surface area (Å²) in [7, 11) is 0. The van der Waals surface area contributed by atoms with Gasteiger partial charge in [0.05, 0.1) is 23.2 Å². The van der Waals surface area contributed by atoms with Crippen molar-refractivity contribution in [2.24, 2.45) is 28.6 Å². The van der Waals surface area contributed by atoms with Crippen molar-refractivity contribution < 1.29 is 35.1 Å². The SMILES string of the molecule is C=C1CC23CC1(O)CCC2C1(O)C=CC(O)C(C)(C(=O)O)C1C3C(=O)O. The van der Waals surface area contributed by atoms with E-state index in [1.54, 1.807) is 0 Å². The second kappa shape index (κ2) is 4.77. The Morgan fingerprint density at radius 3 is 2.50 bits per heavy atom. The number of aliphatic carboxylic acids is 2. The Balaban J connectivity index is 1.99. The molecule has 0 aliphatic heterocycles. The minimum Gasteiger partial charge on any atom is -0.481 e. The second-order valence-electron chi connectivity index (χ2n) is 8.89. The highest BCUT2D eigenvalue weighted by molar-refractivity contribution is 5.81. The van der Waals surface area contributed by atoms with Crippen LogP contribution in [0.15, 0.2) is 24.3 Å². The largest absolute Gasteiger partial charge is 0.481 e. The fourth-order valence-corrected chi connectivity index (χ4v) is 6.74. The summed E-state index contributed by atoms with van der Waals surface area (Å²) in [6, 6.07) is 0. The number of hydrogen-bond acceptors (Lipinski definition) is 5. The van der Waals surface area contributed by atoms with Gasteiger partial charge in [0.2, 0.25) is 0 Å². The summed E-state index contributed by atoms with van der Waals surface area (Å²) in [5.74, 6) is -5.47. The van der Waals surface area contributed by atoms with Gasteiger partial charge in [0, 0.05) is 5.92 Å². The van der Waals surface area contributed by atoms with Crippen LogP contribution in [0.4, 0.5) is 0 Å². The number of carbonyl (C=O) groups is 2. The minimum absolute atomic E-state index is 0.152. The first kappa shape index (κ1) is 17.7. The number of aliphatic hydroxyl groups is 3. The molecule has 0 amide bonds. The first-order valence-corrected chi connectivity index (χ1v) is 8.90. The first-order valence-electron chi connectivity index (χ1n) is 8.90. The maximum absolute atomic E-state index is 12.3. The predicted octanol–water partition coefficient (Wildman–Crippen LogP) is 0.547. The zero-order valence-electron chi connectivity index (χ0n) is 14.6. The zero-order chi connectivity index (χ0) is 19.3. The normalized spacial score (nSPS) is 54.7. The van der Waals surface area contributed by atoms with E-state index in [0.29, 0.717) is 18.4 Å². The Morgan fingerprint density at radius 1 is 1.27 bits per heavy atom. The molecule has 7 nitrogen and oxygen atoms in total. The van der Waals surface area contributed by atoms with Gasteiger partial charge in [-0.05, 0) is 49.5 Å². The van der Waals surface area contributed by atoms with Gasteiger partial charge in [-0.2, -0.15) is 0 Å². The van der Waals surface area contributed by atoms with Crippen LogP contribution in [0.2, 0.25) is 0 Å². The average molecular weight is 364 g/mol. The van der Waals surface area contributed by atoms with Crippen LogP contribution < -0.4 is 0 Å². The lowest BCUT2D eigenvalue weighted by atomic mass is 9.59. The van der Waals surface area contributed by atoms with Crippen LogP contribution in [0.3, 0.4) is 0 Å². The van der Waals surface area contributed by atoms with Gasteiger partial charge in [0.25, 0.3) is 0 Å². The van der Waals surface area contributed by atoms with E-state index in [2.05, 4.69) is 6.58 Å². The van der Waals surface area contributed by atoms with Crippen molar-refractivity contribution in [3.05, 3.63) is 24.3 Å². The van der Waals surface area contributed by atoms with Crippen LogP contribution in [0, 0.1) is 28.6 Å². The van der Waals surface area contributed by atoms with Crippen molar-refractivity contribution in [2.75, 3.05) is 0 Å². The van der Waals surface area contributed by atoms with E-state index in [1.165, 1.54) is 19.1 Å². The molecule has 4 rings (SSSR count). The van der Waals surface area contributed by atoms with Crippen molar-refractivity contribution in [1.82, 2.24) is 0 Å². The molecule has 5 N–H and O–H groups in total. The molecular weight excluding hydrogens is 340 g/mol. The van der Waals surface area contributed by atoms with Gasteiger partial charge in [-0.25, -0.2) is 0 Å². The molecule has 1 spiro atoms. The van der Waals surface area contributed by atoms with E-state index in [1.807, 2.05) is 0 Å². The van der Waals surface area contributed by atoms with Gasteiger partial charge < -0.3 is 25.5 Å². The predicted molar refractivity (Wildman–Crippen MR) is 88.9 cm³/mol. The summed E-state index contributed by atoms with van der Waals surface area (Å²) in [6.07, 6.45) is 2.39. The van der Waals surface area contributed by atoms with Crippen LogP contribution in [-0.4, -0.2) is 54.8 Å². The second-order valence-corrected chi connectivity index (χ2v) is 8.89. The molecule has 2 bridgehead atoms. The third kappa shape index (κ3) is 1.69. The Kier molecular flexibility index (Phi) is 3.25. The van der Waals surface area contributed by atoms with E-state index in [9.17, 15) is 35.1 Å². The quantitative estimate of drug-likeness (QED) is 0.451. The van der Waals surface area contributed by atoms with Gasteiger partial charge in [-0.1, -0.05) is 18.7 Å². The van der Waals surface area contributed by atoms with Crippen molar-refractivity contribution in [2.45, 2.75) is 49.9 Å². The molecule has 8 atom stereocenters. The molecular formula is C19H24O7. The fourth-order valence-electron chi connectivity index (χ4n) is 6.74. The van der Waals surface area contributed by atoms with Crippen LogP contribution in [0.1, 0.15) is 32.6 Å². The molecule has 0 radical (unpaired) electrons. The molecule has 142 valence electrons. The van der Waals surface area contributed by atoms with Crippen molar-refractivity contribution in [3.63, 3.8) is 0 Å². The summed E-state index contributed by atoms with van der Waals surface area (Å²) >= 11 is 0. The number of carboxylic acid groups (broad SMARTS) is 2. The van der Waals surface area contributed by atoms with Gasteiger partial charge in [-0.15, -0.1) is 0 Å². The maximum Gasteiger partial charge on any atom is 0.312 e. The van der Waals surface area contributed by atoms with Gasteiger partial charge in [0.1, 0.15) is 5.41 Å². The average Bonchev–Trinajstić information content (AvgIpc) is 2.88. The lowest BCUT2D eigenvalue weighted by Crippen LogP contribution is -2.58. The number of rotatable bonds is 2. The zero-order valence-corrected chi connectivity index (χ0v) is 14.6. The molecule has 0 aromatic rings. The fraction of sp³-hybridized carbons (Fsp3) is 0.684. The van der Waals surface area contributed by atoms with E-state index in [4.69, 9.17) is 0 Å². The molecule has 0 heterocycles. The van der Waals surface area contributed by atoms with E-state index in [0.717, 1.165) is 0 Å². The molecule has 26 heavy (non-hydrogen) atoms. The topological polar surface area (TPSA) is 135 Å². The smallest absolute Gasteiger partial charge is 0.312 e. The highest BCUT2D eigenvalue weighted by Gasteiger charge is 2.78. The van der Waals surface area contributed by atoms with Gasteiger partial charge in [0.15, 0.2) is 0 Å². The monoisotopic (exact) mass is 364 g/mol. The number of aliphatic hydroxyl groups excluding tert-OH is 1. The summed E-state index contributed by atoms with van der Waals surface area (Å²) < 4.78 is 0. The maximum atomic E-state index is 12.3. The van der Waals surface area contributed by atoms with Gasteiger partial charge >= 0.3 is 11.9 Å². The Hall–Kier alpha value is -1.70. The van der Waals surface area contributed by atoms with Crippen molar-refractivity contribution in [1.29, 1.82) is 0 Å². The molecule has 0 saturated heterocycles. The van der Waals surface area contributed by atoms with Crippen molar-refractivity contribution >= 4 is 11.9 Å². The number of fused-ring (bicyclic) bond motifs is 3. The number of hydrogen-bond donors (Lipinski definition) is 5. The van der Waals surface area contributed by atoms with Crippen LogP contribution in [0.5, 0.6) is 0 Å². The molecule has 7 heteroatoms. The molecule has 0 aromatic carbocycles. The molecule has 4 aliphatic rings. The highest BCUT2D eigenvalue weighted by atomic mass is 16.4. The molecule has 3 saturated carbocycles. The molecule has 8 unspecified atom stereocenters. The molecule has 3 fully saturated rings. The van der Waals surface area contributed by atoms with E-state index < -0.39 is 57.8 Å². The van der Waals surface area contributed by atoms with Crippen LogP contribution >= 0.6 is 0 Å². The molecule has 4 aliphatic carbocycles. The summed E-state index contributed by atoms with van der Waals surface area (Å²) in [6.45, 7) is 5.24. The lowest BCUT2D eigenvalue weighted by molar-refractivity contribution is -0.176. The van der Waals surface area contributed by atoms with Crippen LogP contribution in [0.25, 0.3) is 0 Å². The van der Waals surface area contributed by atoms with E-state index >= 15 is 0 Å². The first-order chi connectivity index (χ1) is 11.9. The Morgan fingerprint density at radius 2 is 1.92 bits per heavy atom. The summed E-state index contributed by atoms with van der Waals surface area (Å²) in [5.41, 5.74) is -5.10. The van der Waals surface area contributed by atoms with E-state index in [-0.39, 0.29) is 12.8 Å². The third-order valence-electron chi connectivity index (χ3n) is 7.90. The third-order valence-corrected chi connectivity index (χ3v) is 7.90. The Labute approximate surface area is 150 Å². The standard InChI is InChI=1S/C19H24O7/c1-9-7-17-8-18(9,25)5-3-10(17)19(26)6-4-11(20)16(2,15(23)24)13(19)12(17)14(21)22/h4,6,10-13,20,25-26H,1,3,5,7-8H2,2H3,(H,21,22)(H,23,24). The Bertz CT molecular complexity index is 759. The van der Waals surface area contributed by atoms with Crippen molar-refractivity contribution in [3.8, 4) is 0 Å². The highest BCUT2D eigenvalue weighted by Crippen LogP contribution is 2.74. The van der Waals surface area contributed by atoms with Gasteiger partial charge in [-0.3, -0.25) is 9.59 Å². The number of carboxylic acids is 2. The molecule has 0 aromatic heterocycles. The summed E-state index contributed by atoms with van der Waals surface area (Å²) in [4.78, 5) is 24.5. The lowest BCUT2D eigenvalue weighted by Gasteiger charge is -2.47. The van der Waals surface area contributed by atoms with Crippen LogP contribution in [-0.2, 0) is 9.59 Å².